The number of aliphatic hydroxyl groups is 1. The lowest BCUT2D eigenvalue weighted by molar-refractivity contribution is -0.125. The highest BCUT2D eigenvalue weighted by Crippen LogP contribution is 2.48. The molecule has 1 spiro atoms. The second-order valence-corrected chi connectivity index (χ2v) is 5.49. The molecule has 3 rings (SSSR count). The van der Waals surface area contributed by atoms with Gasteiger partial charge in [-0.1, -0.05) is 31.0 Å². The van der Waals surface area contributed by atoms with Gasteiger partial charge in [0.15, 0.2) is 0 Å². The Labute approximate surface area is 112 Å². The molecule has 1 aliphatic carbocycles. The molecule has 0 unspecified atom stereocenters. The van der Waals surface area contributed by atoms with Crippen molar-refractivity contribution in [3.63, 3.8) is 0 Å². The molecule has 19 heavy (non-hydrogen) atoms. The number of carbonyl (C=O) groups is 2. The van der Waals surface area contributed by atoms with E-state index in [0.29, 0.717) is 17.7 Å². The van der Waals surface area contributed by atoms with E-state index in [4.69, 9.17) is 0 Å². The summed E-state index contributed by atoms with van der Waals surface area (Å²) >= 11 is 0. The lowest BCUT2D eigenvalue weighted by atomic mass is 9.84. The van der Waals surface area contributed by atoms with E-state index in [2.05, 4.69) is 0 Å². The number of imide groups is 1. The molecule has 1 saturated carbocycles. The predicted octanol–water partition coefficient (Wildman–Crippen LogP) is 2.00. The first kappa shape index (κ1) is 12.4. The van der Waals surface area contributed by atoms with Crippen LogP contribution in [0.25, 0.3) is 0 Å². The van der Waals surface area contributed by atoms with Crippen LogP contribution in [0.3, 0.4) is 0 Å². The lowest BCUT2D eigenvalue weighted by Gasteiger charge is -2.22. The average molecular weight is 259 g/mol. The van der Waals surface area contributed by atoms with Gasteiger partial charge in [0.2, 0.25) is 11.8 Å². The molecule has 0 bridgehead atoms. The highest BCUT2D eigenvalue weighted by Gasteiger charge is 2.53. The fourth-order valence-corrected chi connectivity index (χ4v) is 3.34. The van der Waals surface area contributed by atoms with Gasteiger partial charge in [0.05, 0.1) is 17.7 Å². The highest BCUT2D eigenvalue weighted by atomic mass is 16.3. The zero-order valence-corrected chi connectivity index (χ0v) is 10.8. The number of hydrogen-bond acceptors (Lipinski definition) is 3. The average Bonchev–Trinajstić information content (AvgIpc) is 2.97. The summed E-state index contributed by atoms with van der Waals surface area (Å²) in [5.41, 5.74) is 0.711. The molecule has 1 heterocycles. The molecule has 1 aliphatic heterocycles. The van der Waals surface area contributed by atoms with Gasteiger partial charge in [-0.15, -0.1) is 0 Å². The molecule has 0 aromatic heterocycles. The minimum Gasteiger partial charge on any atom is -0.392 e. The summed E-state index contributed by atoms with van der Waals surface area (Å²) in [7, 11) is 0. The zero-order valence-electron chi connectivity index (χ0n) is 10.8. The molecular formula is C15H17NO3. The molecule has 1 aromatic carbocycles. The molecule has 2 fully saturated rings. The molecular weight excluding hydrogens is 242 g/mol. The Morgan fingerprint density at radius 3 is 2.53 bits per heavy atom. The SMILES string of the molecule is O=C1CC2(CCCC2)C(=O)N1c1ccccc1CO. The van der Waals surface area contributed by atoms with E-state index < -0.39 is 5.41 Å². The summed E-state index contributed by atoms with van der Waals surface area (Å²) in [5.74, 6) is -0.205. The van der Waals surface area contributed by atoms with Crippen molar-refractivity contribution in [2.75, 3.05) is 4.90 Å². The molecule has 1 aromatic rings. The Hall–Kier alpha value is -1.68. The van der Waals surface area contributed by atoms with Crippen molar-refractivity contribution in [2.45, 2.75) is 38.7 Å². The van der Waals surface area contributed by atoms with Crippen molar-refractivity contribution >= 4 is 17.5 Å². The zero-order chi connectivity index (χ0) is 13.5. The summed E-state index contributed by atoms with van der Waals surface area (Å²) in [5, 5.41) is 9.36. The van der Waals surface area contributed by atoms with Crippen LogP contribution in [0.2, 0.25) is 0 Å². The molecule has 1 N–H and O–H groups in total. The number of carbonyl (C=O) groups excluding carboxylic acids is 2. The smallest absolute Gasteiger partial charge is 0.240 e. The highest BCUT2D eigenvalue weighted by molar-refractivity contribution is 6.23. The first-order valence-corrected chi connectivity index (χ1v) is 6.74. The first-order chi connectivity index (χ1) is 9.18. The Balaban J connectivity index is 2.01. The second-order valence-electron chi connectivity index (χ2n) is 5.49. The molecule has 1 saturated heterocycles. The number of nitrogens with zero attached hydrogens (tertiary/aromatic N) is 1. The Morgan fingerprint density at radius 2 is 1.84 bits per heavy atom. The van der Waals surface area contributed by atoms with Gasteiger partial charge in [-0.3, -0.25) is 9.59 Å². The topological polar surface area (TPSA) is 57.6 Å². The maximum atomic E-state index is 12.6. The van der Waals surface area contributed by atoms with Crippen molar-refractivity contribution in [2.24, 2.45) is 5.41 Å². The van der Waals surface area contributed by atoms with E-state index in [1.807, 2.05) is 0 Å². The summed E-state index contributed by atoms with van der Waals surface area (Å²) < 4.78 is 0. The van der Waals surface area contributed by atoms with Crippen molar-refractivity contribution in [1.82, 2.24) is 0 Å². The van der Waals surface area contributed by atoms with E-state index in [1.54, 1.807) is 24.3 Å². The fraction of sp³-hybridized carbons (Fsp3) is 0.467. The van der Waals surface area contributed by atoms with Crippen molar-refractivity contribution in [1.29, 1.82) is 0 Å². The van der Waals surface area contributed by atoms with E-state index in [9.17, 15) is 14.7 Å². The van der Waals surface area contributed by atoms with Crippen LogP contribution in [0.15, 0.2) is 24.3 Å². The number of hydrogen-bond donors (Lipinski definition) is 1. The van der Waals surface area contributed by atoms with E-state index >= 15 is 0 Å². The van der Waals surface area contributed by atoms with Gasteiger partial charge >= 0.3 is 0 Å². The molecule has 100 valence electrons. The normalized spacial score (nSPS) is 21.6. The molecule has 2 amide bonds. The minimum atomic E-state index is -0.459. The van der Waals surface area contributed by atoms with Crippen LogP contribution in [0, 0.1) is 5.41 Å². The molecule has 4 heteroatoms. The number of aliphatic hydroxyl groups excluding tert-OH is 1. The summed E-state index contributed by atoms with van der Waals surface area (Å²) in [6.07, 6.45) is 4.00. The maximum absolute atomic E-state index is 12.6. The van der Waals surface area contributed by atoms with Gasteiger partial charge in [0, 0.05) is 12.0 Å². The molecule has 2 aliphatic rings. The van der Waals surface area contributed by atoms with Crippen LogP contribution in [0.5, 0.6) is 0 Å². The summed E-state index contributed by atoms with van der Waals surface area (Å²) in [6.45, 7) is -0.166. The summed E-state index contributed by atoms with van der Waals surface area (Å²) in [4.78, 5) is 26.2. The van der Waals surface area contributed by atoms with Gasteiger partial charge in [0.25, 0.3) is 0 Å². The van der Waals surface area contributed by atoms with Gasteiger partial charge in [0.1, 0.15) is 0 Å². The monoisotopic (exact) mass is 259 g/mol. The third kappa shape index (κ3) is 1.78. The molecule has 4 nitrogen and oxygen atoms in total. The fourth-order valence-electron chi connectivity index (χ4n) is 3.34. The second kappa shape index (κ2) is 4.46. The molecule has 0 atom stereocenters. The van der Waals surface area contributed by atoms with Crippen molar-refractivity contribution in [3.8, 4) is 0 Å². The predicted molar refractivity (Wildman–Crippen MR) is 70.4 cm³/mol. The maximum Gasteiger partial charge on any atom is 0.240 e. The number of anilines is 1. The number of rotatable bonds is 2. The Bertz CT molecular complexity index is 532. The quantitative estimate of drug-likeness (QED) is 0.826. The minimum absolute atomic E-state index is 0.0732. The number of benzene rings is 1. The molecule has 0 radical (unpaired) electrons. The van der Waals surface area contributed by atoms with E-state index in [-0.39, 0.29) is 18.4 Å². The Morgan fingerprint density at radius 1 is 1.16 bits per heavy atom. The number of amides is 2. The van der Waals surface area contributed by atoms with Gasteiger partial charge in [-0.05, 0) is 18.9 Å². The van der Waals surface area contributed by atoms with Crippen LogP contribution in [-0.4, -0.2) is 16.9 Å². The van der Waals surface area contributed by atoms with Crippen LogP contribution in [-0.2, 0) is 16.2 Å². The van der Waals surface area contributed by atoms with Crippen LogP contribution in [0.1, 0.15) is 37.7 Å². The third-order valence-electron chi connectivity index (χ3n) is 4.36. The van der Waals surface area contributed by atoms with Crippen LogP contribution < -0.4 is 4.90 Å². The largest absolute Gasteiger partial charge is 0.392 e. The number of para-hydroxylation sites is 1. The van der Waals surface area contributed by atoms with Crippen molar-refractivity contribution in [3.05, 3.63) is 29.8 Å². The van der Waals surface area contributed by atoms with E-state index in [1.165, 1.54) is 4.90 Å². The van der Waals surface area contributed by atoms with Crippen LogP contribution >= 0.6 is 0 Å². The van der Waals surface area contributed by atoms with Crippen molar-refractivity contribution < 1.29 is 14.7 Å². The van der Waals surface area contributed by atoms with E-state index in [0.717, 1.165) is 25.7 Å². The lowest BCUT2D eigenvalue weighted by Crippen LogP contribution is -2.35. The summed E-state index contributed by atoms with van der Waals surface area (Å²) in [6, 6.07) is 7.06. The first-order valence-electron chi connectivity index (χ1n) is 6.74. The van der Waals surface area contributed by atoms with Gasteiger partial charge in [-0.2, -0.15) is 0 Å². The standard InChI is InChI=1S/C15H17NO3/c17-10-11-5-1-2-6-12(11)16-13(18)9-15(14(16)19)7-3-4-8-15/h1-2,5-6,17H,3-4,7-10H2. The van der Waals surface area contributed by atoms with Gasteiger partial charge in [-0.25, -0.2) is 4.90 Å². The van der Waals surface area contributed by atoms with Crippen LogP contribution in [0.4, 0.5) is 5.69 Å². The van der Waals surface area contributed by atoms with Gasteiger partial charge < -0.3 is 5.11 Å². The Kier molecular flexibility index (Phi) is 2.90. The third-order valence-corrected chi connectivity index (χ3v) is 4.36.